The van der Waals surface area contributed by atoms with Gasteiger partial charge in [-0.3, -0.25) is 0 Å². The minimum absolute atomic E-state index is 0.409. The average Bonchev–Trinajstić information content (AvgIpc) is 2.82. The molecule has 1 atom stereocenters. The molecule has 1 N–H and O–H groups in total. The van der Waals surface area contributed by atoms with E-state index in [1.807, 2.05) is 6.07 Å². The van der Waals surface area contributed by atoms with Gasteiger partial charge in [-0.1, -0.05) is 39.5 Å². The summed E-state index contributed by atoms with van der Waals surface area (Å²) in [6.07, 6.45) is 9.39. The van der Waals surface area contributed by atoms with Crippen LogP contribution in [0.1, 0.15) is 64.2 Å². The van der Waals surface area contributed by atoms with E-state index in [4.69, 9.17) is 4.42 Å². The summed E-state index contributed by atoms with van der Waals surface area (Å²) < 4.78 is 5.49. The fourth-order valence-electron chi connectivity index (χ4n) is 1.93. The van der Waals surface area contributed by atoms with Crippen LogP contribution < -0.4 is 5.32 Å². The molecule has 1 aromatic heterocycles. The van der Waals surface area contributed by atoms with Crippen LogP contribution in [0, 0.1) is 0 Å². The van der Waals surface area contributed by atoms with E-state index in [0.29, 0.717) is 6.04 Å². The molecule has 0 aliphatic rings. The summed E-state index contributed by atoms with van der Waals surface area (Å²) >= 11 is 0. The molecule has 1 aromatic rings. The second-order valence-electron chi connectivity index (χ2n) is 4.37. The molecule has 1 rings (SSSR count). The molecule has 2 nitrogen and oxygen atoms in total. The van der Waals surface area contributed by atoms with Gasteiger partial charge in [-0.05, 0) is 31.5 Å². The Morgan fingerprint density at radius 1 is 1.19 bits per heavy atom. The normalized spacial score (nSPS) is 12.9. The number of furan rings is 1. The predicted octanol–water partition coefficient (Wildman–Crippen LogP) is 4.29. The van der Waals surface area contributed by atoms with Crippen LogP contribution in [0.15, 0.2) is 22.8 Å². The topological polar surface area (TPSA) is 25.2 Å². The van der Waals surface area contributed by atoms with E-state index in [-0.39, 0.29) is 0 Å². The summed E-state index contributed by atoms with van der Waals surface area (Å²) in [4.78, 5) is 0. The molecule has 2 heteroatoms. The smallest absolute Gasteiger partial charge is 0.120 e. The molecule has 0 saturated heterocycles. The van der Waals surface area contributed by atoms with Crippen molar-refractivity contribution in [2.24, 2.45) is 0 Å². The largest absolute Gasteiger partial charge is 0.468 e. The molecule has 1 heterocycles. The van der Waals surface area contributed by atoms with Gasteiger partial charge in [-0.2, -0.15) is 0 Å². The van der Waals surface area contributed by atoms with Gasteiger partial charge in [-0.25, -0.2) is 0 Å². The van der Waals surface area contributed by atoms with Crippen molar-refractivity contribution in [1.82, 2.24) is 5.32 Å². The van der Waals surface area contributed by atoms with E-state index in [1.54, 1.807) is 6.26 Å². The number of hydrogen-bond donors (Lipinski definition) is 1. The van der Waals surface area contributed by atoms with Gasteiger partial charge in [-0.15, -0.1) is 0 Å². The average molecular weight is 223 g/mol. The first kappa shape index (κ1) is 13.3. The van der Waals surface area contributed by atoms with Gasteiger partial charge >= 0.3 is 0 Å². The van der Waals surface area contributed by atoms with E-state index in [2.05, 4.69) is 25.2 Å². The van der Waals surface area contributed by atoms with E-state index >= 15 is 0 Å². The summed E-state index contributed by atoms with van der Waals surface area (Å²) in [5, 5.41) is 3.55. The first-order chi connectivity index (χ1) is 7.88. The van der Waals surface area contributed by atoms with Gasteiger partial charge in [0.1, 0.15) is 5.76 Å². The van der Waals surface area contributed by atoms with E-state index < -0.39 is 0 Å². The minimum atomic E-state index is 0.409. The predicted molar refractivity (Wildman–Crippen MR) is 68.5 cm³/mol. The zero-order valence-electron chi connectivity index (χ0n) is 10.7. The SMILES string of the molecule is CCCCCCC(NCCC)c1ccco1. The second-order valence-corrected chi connectivity index (χ2v) is 4.37. The lowest BCUT2D eigenvalue weighted by Crippen LogP contribution is -2.21. The third kappa shape index (κ3) is 4.84. The van der Waals surface area contributed by atoms with Gasteiger partial charge < -0.3 is 9.73 Å². The molecule has 0 bridgehead atoms. The molecule has 0 fully saturated rings. The molecule has 0 aromatic carbocycles. The third-order valence-electron chi connectivity index (χ3n) is 2.87. The Kier molecular flexibility index (Phi) is 6.98. The van der Waals surface area contributed by atoms with Crippen molar-refractivity contribution in [3.8, 4) is 0 Å². The van der Waals surface area contributed by atoms with Crippen molar-refractivity contribution in [2.45, 2.75) is 58.4 Å². The Balaban J connectivity index is 2.32. The summed E-state index contributed by atoms with van der Waals surface area (Å²) in [6.45, 7) is 5.52. The molecule has 0 aliphatic carbocycles. The van der Waals surface area contributed by atoms with Crippen LogP contribution in [-0.4, -0.2) is 6.54 Å². The maximum absolute atomic E-state index is 5.49. The number of hydrogen-bond acceptors (Lipinski definition) is 2. The van der Waals surface area contributed by atoms with Crippen LogP contribution >= 0.6 is 0 Å². The highest BCUT2D eigenvalue weighted by Crippen LogP contribution is 2.20. The van der Waals surface area contributed by atoms with Gasteiger partial charge in [0.25, 0.3) is 0 Å². The highest BCUT2D eigenvalue weighted by atomic mass is 16.3. The molecule has 0 amide bonds. The number of nitrogens with one attached hydrogen (secondary N) is 1. The molecule has 0 radical (unpaired) electrons. The Bertz CT molecular complexity index is 243. The third-order valence-corrected chi connectivity index (χ3v) is 2.87. The molecule has 16 heavy (non-hydrogen) atoms. The van der Waals surface area contributed by atoms with Crippen molar-refractivity contribution in [3.05, 3.63) is 24.2 Å². The highest BCUT2D eigenvalue weighted by molar-refractivity contribution is 5.04. The first-order valence-corrected chi connectivity index (χ1v) is 6.65. The standard InChI is InChI=1S/C14H25NO/c1-3-5-6-7-9-13(15-11-4-2)14-10-8-12-16-14/h8,10,12-13,15H,3-7,9,11H2,1-2H3. The Morgan fingerprint density at radius 2 is 2.06 bits per heavy atom. The van der Waals surface area contributed by atoms with Crippen molar-refractivity contribution in [2.75, 3.05) is 6.54 Å². The zero-order valence-corrected chi connectivity index (χ0v) is 10.7. The van der Waals surface area contributed by atoms with Crippen LogP contribution in [-0.2, 0) is 0 Å². The monoisotopic (exact) mass is 223 g/mol. The van der Waals surface area contributed by atoms with Crippen LogP contribution in [0.5, 0.6) is 0 Å². The maximum atomic E-state index is 5.49. The Hall–Kier alpha value is -0.760. The van der Waals surface area contributed by atoms with E-state index in [0.717, 1.165) is 12.3 Å². The highest BCUT2D eigenvalue weighted by Gasteiger charge is 2.12. The van der Waals surface area contributed by atoms with Gasteiger partial charge in [0.15, 0.2) is 0 Å². The summed E-state index contributed by atoms with van der Waals surface area (Å²) in [7, 11) is 0. The van der Waals surface area contributed by atoms with Crippen LogP contribution in [0.25, 0.3) is 0 Å². The minimum Gasteiger partial charge on any atom is -0.468 e. The van der Waals surface area contributed by atoms with Crippen LogP contribution in [0.3, 0.4) is 0 Å². The summed E-state index contributed by atoms with van der Waals surface area (Å²) in [5.74, 6) is 1.09. The van der Waals surface area contributed by atoms with Crippen molar-refractivity contribution < 1.29 is 4.42 Å². The lowest BCUT2D eigenvalue weighted by atomic mass is 10.1. The number of unbranched alkanes of at least 4 members (excludes halogenated alkanes) is 3. The van der Waals surface area contributed by atoms with E-state index in [1.165, 1.54) is 38.5 Å². The van der Waals surface area contributed by atoms with Crippen molar-refractivity contribution in [1.29, 1.82) is 0 Å². The molecular weight excluding hydrogens is 198 g/mol. The van der Waals surface area contributed by atoms with Crippen LogP contribution in [0.2, 0.25) is 0 Å². The number of rotatable bonds is 9. The Labute approximate surface area is 99.4 Å². The fraction of sp³-hybridized carbons (Fsp3) is 0.714. The van der Waals surface area contributed by atoms with E-state index in [9.17, 15) is 0 Å². The molecule has 0 spiro atoms. The molecular formula is C14H25NO. The molecule has 0 saturated carbocycles. The van der Waals surface area contributed by atoms with Crippen molar-refractivity contribution >= 4 is 0 Å². The second kappa shape index (κ2) is 8.40. The lowest BCUT2D eigenvalue weighted by Gasteiger charge is -2.15. The fourth-order valence-corrected chi connectivity index (χ4v) is 1.93. The van der Waals surface area contributed by atoms with Crippen molar-refractivity contribution in [3.63, 3.8) is 0 Å². The van der Waals surface area contributed by atoms with Crippen LogP contribution in [0.4, 0.5) is 0 Å². The summed E-state index contributed by atoms with van der Waals surface area (Å²) in [6, 6.07) is 4.46. The molecule has 1 unspecified atom stereocenters. The summed E-state index contributed by atoms with van der Waals surface area (Å²) in [5.41, 5.74) is 0. The molecule has 92 valence electrons. The maximum Gasteiger partial charge on any atom is 0.120 e. The zero-order chi connectivity index (χ0) is 11.6. The molecule has 0 aliphatic heterocycles. The van der Waals surface area contributed by atoms with Gasteiger partial charge in [0.2, 0.25) is 0 Å². The van der Waals surface area contributed by atoms with Gasteiger partial charge in [0, 0.05) is 0 Å². The first-order valence-electron chi connectivity index (χ1n) is 6.65. The Morgan fingerprint density at radius 3 is 2.69 bits per heavy atom. The van der Waals surface area contributed by atoms with Gasteiger partial charge in [0.05, 0.1) is 12.3 Å². The quantitative estimate of drug-likeness (QED) is 0.632. The lowest BCUT2D eigenvalue weighted by molar-refractivity contribution is 0.384.